The third kappa shape index (κ3) is 10.2. The van der Waals surface area contributed by atoms with Crippen molar-refractivity contribution in [3.63, 3.8) is 0 Å². The number of rotatable bonds is 8. The van der Waals surface area contributed by atoms with E-state index < -0.39 is 81.7 Å². The van der Waals surface area contributed by atoms with Gasteiger partial charge in [0.25, 0.3) is 0 Å². The van der Waals surface area contributed by atoms with Gasteiger partial charge >= 0.3 is 24.7 Å². The molecule has 0 aliphatic carbocycles. The number of aromatic nitrogens is 2. The molecule has 0 fully saturated rings. The van der Waals surface area contributed by atoms with Crippen LogP contribution in [0.25, 0.3) is 0 Å². The van der Waals surface area contributed by atoms with Crippen molar-refractivity contribution in [3.8, 4) is 0 Å². The van der Waals surface area contributed by atoms with Crippen LogP contribution in [0.3, 0.4) is 0 Å². The molecular weight excluding hydrogens is 676 g/mol. The van der Waals surface area contributed by atoms with E-state index in [0.717, 1.165) is 11.3 Å². The van der Waals surface area contributed by atoms with Gasteiger partial charge in [0, 0.05) is 11.4 Å². The summed E-state index contributed by atoms with van der Waals surface area (Å²) in [6, 6.07) is 1.09. The van der Waals surface area contributed by atoms with Gasteiger partial charge in [-0.1, -0.05) is 34.9 Å². The normalized spacial score (nSPS) is 12.7. The van der Waals surface area contributed by atoms with Gasteiger partial charge in [0.15, 0.2) is 8.68 Å². The minimum Gasteiger partial charge on any atom is -0.325 e. The molecule has 2 aromatic carbocycles. The highest BCUT2D eigenvalue weighted by molar-refractivity contribution is 8.03. The Labute approximate surface area is 244 Å². The smallest absolute Gasteiger partial charge is 0.325 e. The van der Waals surface area contributed by atoms with E-state index in [1.165, 1.54) is 0 Å². The maximum Gasteiger partial charge on any atom is 0.416 e. The number of amides is 2. The average molecular weight is 689 g/mol. The van der Waals surface area contributed by atoms with Crippen LogP contribution >= 0.6 is 34.9 Å². The first kappa shape index (κ1) is 34.3. The van der Waals surface area contributed by atoms with E-state index in [1.807, 2.05) is 10.6 Å². The molecule has 0 saturated heterocycles. The van der Waals surface area contributed by atoms with Crippen LogP contribution in [-0.4, -0.2) is 33.5 Å². The predicted octanol–water partition coefficient (Wildman–Crippen LogP) is 8.07. The molecule has 0 aliphatic rings. The topological polar surface area (TPSA) is 84.0 Å². The van der Waals surface area contributed by atoms with Crippen LogP contribution < -0.4 is 10.6 Å². The lowest BCUT2D eigenvalue weighted by Gasteiger charge is -2.14. The molecule has 21 heteroatoms. The van der Waals surface area contributed by atoms with Crippen LogP contribution in [0.5, 0.6) is 0 Å². The Balaban J connectivity index is 1.57. The molecule has 3 rings (SSSR count). The summed E-state index contributed by atoms with van der Waals surface area (Å²) in [6.45, 7) is 0. The second-order valence-corrected chi connectivity index (χ2v) is 11.5. The lowest BCUT2D eigenvalue weighted by molar-refractivity contribution is -0.144. The number of hydrogen-bond acceptors (Lipinski definition) is 7. The van der Waals surface area contributed by atoms with Gasteiger partial charge in [-0.2, -0.15) is 52.7 Å². The minimum atomic E-state index is -5.12. The van der Waals surface area contributed by atoms with Gasteiger partial charge in [-0.05, 0) is 36.4 Å². The van der Waals surface area contributed by atoms with Gasteiger partial charge in [0.2, 0.25) is 11.8 Å². The lowest BCUT2D eigenvalue weighted by atomic mass is 10.1. The fraction of sp³-hybridized carbons (Fsp3) is 0.273. The summed E-state index contributed by atoms with van der Waals surface area (Å²) in [4.78, 5) is 24.3. The fourth-order valence-electron chi connectivity index (χ4n) is 3.02. The van der Waals surface area contributed by atoms with Gasteiger partial charge < -0.3 is 10.6 Å². The molecule has 6 nitrogen and oxygen atoms in total. The van der Waals surface area contributed by atoms with E-state index in [1.54, 1.807) is 0 Å². The Morgan fingerprint density at radius 2 is 0.837 bits per heavy atom. The highest BCUT2D eigenvalue weighted by Gasteiger charge is 2.38. The summed E-state index contributed by atoms with van der Waals surface area (Å²) in [6.07, 6.45) is -20.5. The summed E-state index contributed by atoms with van der Waals surface area (Å²) >= 11 is 2.19. The molecule has 0 aliphatic heterocycles. The molecule has 43 heavy (non-hydrogen) atoms. The molecule has 0 bridgehead atoms. The van der Waals surface area contributed by atoms with Gasteiger partial charge in [-0.25, -0.2) is 0 Å². The standard InChI is InChI=1S/C22H12F12N4O2S3/c23-19(24,25)9-1-10(20(26,27)28)4-13(3-9)35-15(39)7-41-17-37-38-18(43-17)42-8-16(40)36-14-5-11(21(29,30)31)2-12(6-14)22(32,33)34/h1-6H,7-8H2,(H,35,39)(H,36,40). The molecule has 3 aromatic rings. The number of halogens is 12. The Morgan fingerprint density at radius 3 is 1.09 bits per heavy atom. The molecule has 2 N–H and O–H groups in total. The van der Waals surface area contributed by atoms with E-state index in [4.69, 9.17) is 0 Å². The molecule has 234 valence electrons. The van der Waals surface area contributed by atoms with Crippen LogP contribution in [0.4, 0.5) is 64.1 Å². The fourth-order valence-corrected chi connectivity index (χ4v) is 5.64. The van der Waals surface area contributed by atoms with E-state index in [-0.39, 0.29) is 20.8 Å². The summed E-state index contributed by atoms with van der Waals surface area (Å²) in [5.41, 5.74) is -8.03. The van der Waals surface area contributed by atoms with Gasteiger partial charge in [0.1, 0.15) is 0 Å². The van der Waals surface area contributed by atoms with Crippen LogP contribution in [-0.2, 0) is 34.3 Å². The zero-order chi connectivity index (χ0) is 32.4. The summed E-state index contributed by atoms with van der Waals surface area (Å²) in [5, 5.41) is 11.2. The zero-order valence-corrected chi connectivity index (χ0v) is 22.8. The predicted molar refractivity (Wildman–Crippen MR) is 132 cm³/mol. The summed E-state index contributed by atoms with van der Waals surface area (Å²) < 4.78 is 156. The number of nitrogens with one attached hydrogen (secondary N) is 2. The van der Waals surface area contributed by atoms with Crippen LogP contribution in [0, 0.1) is 0 Å². The Morgan fingerprint density at radius 1 is 0.558 bits per heavy atom. The Kier molecular flexibility index (Phi) is 10.2. The van der Waals surface area contributed by atoms with Crippen LogP contribution in [0.15, 0.2) is 45.1 Å². The van der Waals surface area contributed by atoms with Crippen molar-refractivity contribution in [2.75, 3.05) is 22.1 Å². The van der Waals surface area contributed by atoms with Crippen molar-refractivity contribution in [3.05, 3.63) is 58.7 Å². The first-order chi connectivity index (χ1) is 19.6. The number of anilines is 2. The van der Waals surface area contributed by atoms with Crippen molar-refractivity contribution in [1.82, 2.24) is 10.2 Å². The monoisotopic (exact) mass is 688 g/mol. The van der Waals surface area contributed by atoms with E-state index in [9.17, 15) is 62.3 Å². The van der Waals surface area contributed by atoms with Crippen molar-refractivity contribution in [2.24, 2.45) is 0 Å². The number of nitrogens with zero attached hydrogens (tertiary/aromatic N) is 2. The van der Waals surface area contributed by atoms with Crippen molar-refractivity contribution in [1.29, 1.82) is 0 Å². The molecule has 0 radical (unpaired) electrons. The number of thioether (sulfide) groups is 2. The van der Waals surface area contributed by atoms with E-state index in [0.29, 0.717) is 47.8 Å². The maximum absolute atomic E-state index is 13.0. The number of hydrogen-bond donors (Lipinski definition) is 2. The zero-order valence-electron chi connectivity index (χ0n) is 20.3. The van der Waals surface area contributed by atoms with Gasteiger partial charge in [0.05, 0.1) is 33.8 Å². The highest BCUT2D eigenvalue weighted by Crippen LogP contribution is 2.39. The molecular formula is C22H12F12N4O2S3. The Hall–Kier alpha value is -3.20. The number of carbonyl (C=O) groups excluding carboxylic acids is 2. The first-order valence-electron chi connectivity index (χ1n) is 10.9. The summed E-state index contributed by atoms with van der Waals surface area (Å²) in [7, 11) is 0. The van der Waals surface area contributed by atoms with Gasteiger partial charge in [-0.3, -0.25) is 9.59 Å². The average Bonchev–Trinajstić information content (AvgIpc) is 3.32. The quantitative estimate of drug-likeness (QED) is 0.184. The molecule has 0 unspecified atom stereocenters. The molecule has 1 aromatic heterocycles. The van der Waals surface area contributed by atoms with Crippen molar-refractivity contribution < 1.29 is 62.3 Å². The third-order valence-electron chi connectivity index (χ3n) is 4.78. The number of alkyl halides is 12. The number of carbonyl (C=O) groups is 2. The largest absolute Gasteiger partial charge is 0.416 e. The van der Waals surface area contributed by atoms with E-state index in [2.05, 4.69) is 10.2 Å². The Bertz CT molecular complexity index is 1310. The molecule has 0 atom stereocenters. The first-order valence-corrected chi connectivity index (χ1v) is 13.7. The van der Waals surface area contributed by atoms with Gasteiger partial charge in [-0.15, -0.1) is 10.2 Å². The SMILES string of the molecule is O=C(CSc1nnc(SCC(=O)Nc2cc(C(F)(F)F)cc(C(F)(F)F)c2)s1)Nc1cc(C(F)(F)F)cc(C(F)(F)F)c1. The molecule has 0 spiro atoms. The molecule has 0 saturated carbocycles. The van der Waals surface area contributed by atoms with Crippen LogP contribution in [0.2, 0.25) is 0 Å². The number of benzene rings is 2. The van der Waals surface area contributed by atoms with Crippen molar-refractivity contribution in [2.45, 2.75) is 33.4 Å². The minimum absolute atomic E-state index is 0.0887. The second-order valence-electron chi connectivity index (χ2n) is 8.10. The second kappa shape index (κ2) is 12.8. The third-order valence-corrected chi connectivity index (χ3v) is 7.97. The van der Waals surface area contributed by atoms with Crippen molar-refractivity contribution >= 4 is 58.0 Å². The lowest BCUT2D eigenvalue weighted by Crippen LogP contribution is -2.17. The molecule has 2 amide bonds. The van der Waals surface area contributed by atoms with Crippen LogP contribution in [0.1, 0.15) is 22.3 Å². The summed E-state index contributed by atoms with van der Waals surface area (Å²) in [5.74, 6) is -3.01. The highest BCUT2D eigenvalue weighted by atomic mass is 32.2. The van der Waals surface area contributed by atoms with E-state index >= 15 is 0 Å². The molecule has 1 heterocycles. The maximum atomic E-state index is 13.0.